The predicted molar refractivity (Wildman–Crippen MR) is 96.8 cm³/mol. The van der Waals surface area contributed by atoms with E-state index in [1.807, 2.05) is 0 Å². The SMILES string of the molecule is COc1cc(NC(=O)C(C)(C)C(=O)Nc2cc(C)on2)c(OC)cc1Cl. The van der Waals surface area contributed by atoms with Crippen molar-refractivity contribution in [2.45, 2.75) is 20.8 Å². The summed E-state index contributed by atoms with van der Waals surface area (Å²) >= 11 is 6.05. The van der Waals surface area contributed by atoms with Crippen LogP contribution in [0.2, 0.25) is 5.02 Å². The van der Waals surface area contributed by atoms with Crippen LogP contribution in [0.1, 0.15) is 19.6 Å². The van der Waals surface area contributed by atoms with E-state index in [1.54, 1.807) is 13.0 Å². The Balaban J connectivity index is 2.20. The molecule has 1 aromatic heterocycles. The van der Waals surface area contributed by atoms with Crippen LogP contribution < -0.4 is 20.1 Å². The Morgan fingerprint density at radius 3 is 2.23 bits per heavy atom. The number of ether oxygens (including phenoxy) is 2. The number of nitrogens with one attached hydrogen (secondary N) is 2. The van der Waals surface area contributed by atoms with Crippen molar-refractivity contribution < 1.29 is 23.6 Å². The summed E-state index contributed by atoms with van der Waals surface area (Å²) < 4.78 is 15.3. The van der Waals surface area contributed by atoms with Gasteiger partial charge in [0, 0.05) is 18.2 Å². The number of aromatic nitrogens is 1. The molecule has 2 amide bonds. The molecule has 0 bridgehead atoms. The molecule has 2 rings (SSSR count). The van der Waals surface area contributed by atoms with Crippen LogP contribution in [0.3, 0.4) is 0 Å². The van der Waals surface area contributed by atoms with Gasteiger partial charge in [0.2, 0.25) is 11.8 Å². The highest BCUT2D eigenvalue weighted by molar-refractivity contribution is 6.32. The van der Waals surface area contributed by atoms with Crippen LogP contribution in [0.5, 0.6) is 11.5 Å². The number of carbonyl (C=O) groups excluding carboxylic acids is 2. The lowest BCUT2D eigenvalue weighted by atomic mass is 9.91. The molecule has 0 saturated heterocycles. The number of rotatable bonds is 6. The molecule has 0 atom stereocenters. The van der Waals surface area contributed by atoms with Gasteiger partial charge in [0.1, 0.15) is 22.7 Å². The molecule has 0 aliphatic rings. The highest BCUT2D eigenvalue weighted by Gasteiger charge is 2.37. The first-order valence-electron chi connectivity index (χ1n) is 7.66. The number of benzene rings is 1. The van der Waals surface area contributed by atoms with E-state index in [1.165, 1.54) is 40.2 Å². The van der Waals surface area contributed by atoms with E-state index in [2.05, 4.69) is 15.8 Å². The monoisotopic (exact) mass is 381 g/mol. The summed E-state index contributed by atoms with van der Waals surface area (Å²) in [4.78, 5) is 25.2. The van der Waals surface area contributed by atoms with Crippen LogP contribution in [-0.2, 0) is 9.59 Å². The minimum atomic E-state index is -1.40. The first-order chi connectivity index (χ1) is 12.2. The lowest BCUT2D eigenvalue weighted by Crippen LogP contribution is -2.41. The zero-order valence-corrected chi connectivity index (χ0v) is 15.9. The van der Waals surface area contributed by atoms with Crippen molar-refractivity contribution in [2.24, 2.45) is 5.41 Å². The largest absolute Gasteiger partial charge is 0.495 e. The predicted octanol–water partition coefficient (Wildman–Crippen LogP) is 3.26. The summed E-state index contributed by atoms with van der Waals surface area (Å²) in [7, 11) is 2.90. The van der Waals surface area contributed by atoms with Crippen LogP contribution >= 0.6 is 11.6 Å². The van der Waals surface area contributed by atoms with E-state index < -0.39 is 17.2 Å². The third-order valence-electron chi connectivity index (χ3n) is 3.73. The Bertz CT molecular complexity index is 832. The molecule has 8 nitrogen and oxygen atoms in total. The molecule has 1 aromatic carbocycles. The number of carbonyl (C=O) groups is 2. The maximum atomic E-state index is 12.7. The van der Waals surface area contributed by atoms with Gasteiger partial charge >= 0.3 is 0 Å². The molecule has 26 heavy (non-hydrogen) atoms. The second-order valence-electron chi connectivity index (χ2n) is 6.04. The number of aryl methyl sites for hydroxylation is 1. The number of hydrogen-bond donors (Lipinski definition) is 2. The average molecular weight is 382 g/mol. The third-order valence-corrected chi connectivity index (χ3v) is 4.02. The molecule has 1 heterocycles. The van der Waals surface area contributed by atoms with Crippen molar-refractivity contribution in [2.75, 3.05) is 24.9 Å². The third kappa shape index (κ3) is 4.08. The van der Waals surface area contributed by atoms with Crippen molar-refractivity contribution in [3.05, 3.63) is 29.0 Å². The lowest BCUT2D eigenvalue weighted by Gasteiger charge is -2.23. The van der Waals surface area contributed by atoms with Crippen LogP contribution in [-0.4, -0.2) is 31.2 Å². The standard InChI is InChI=1S/C17H20ClN3O5/c1-9-6-14(21-26-9)20-16(23)17(2,3)15(22)19-11-8-12(24-4)10(18)7-13(11)25-5/h6-8H,1-5H3,(H,19,22)(H,20,21,23). The molecule has 0 aliphatic carbocycles. The minimum Gasteiger partial charge on any atom is -0.495 e. The van der Waals surface area contributed by atoms with Crippen molar-refractivity contribution in [1.29, 1.82) is 0 Å². The molecule has 140 valence electrons. The number of anilines is 2. The van der Waals surface area contributed by atoms with Gasteiger partial charge in [-0.25, -0.2) is 0 Å². The average Bonchev–Trinajstić information content (AvgIpc) is 3.00. The molecular weight excluding hydrogens is 362 g/mol. The van der Waals surface area contributed by atoms with E-state index in [9.17, 15) is 9.59 Å². The van der Waals surface area contributed by atoms with E-state index in [0.29, 0.717) is 28.0 Å². The van der Waals surface area contributed by atoms with E-state index in [-0.39, 0.29) is 5.82 Å². The first kappa shape index (κ1) is 19.6. The molecular formula is C17H20ClN3O5. The van der Waals surface area contributed by atoms with E-state index in [4.69, 9.17) is 25.6 Å². The van der Waals surface area contributed by atoms with Gasteiger partial charge in [0.15, 0.2) is 5.82 Å². The Hall–Kier alpha value is -2.74. The highest BCUT2D eigenvalue weighted by atomic mass is 35.5. The van der Waals surface area contributed by atoms with Crippen LogP contribution in [0.15, 0.2) is 22.7 Å². The van der Waals surface area contributed by atoms with Crippen LogP contribution in [0.4, 0.5) is 11.5 Å². The Kier molecular flexibility index (Phi) is 5.76. The number of hydrogen-bond acceptors (Lipinski definition) is 6. The summed E-state index contributed by atoms with van der Waals surface area (Å²) in [5.41, 5.74) is -1.07. The van der Waals surface area contributed by atoms with Crippen LogP contribution in [0.25, 0.3) is 0 Å². The topological polar surface area (TPSA) is 103 Å². The number of nitrogens with zero attached hydrogens (tertiary/aromatic N) is 1. The smallest absolute Gasteiger partial charge is 0.240 e. The molecule has 9 heteroatoms. The summed E-state index contributed by atoms with van der Waals surface area (Å²) in [5, 5.41) is 9.23. The molecule has 0 spiro atoms. The normalized spacial score (nSPS) is 11.0. The summed E-state index contributed by atoms with van der Waals surface area (Å²) in [6.07, 6.45) is 0. The Labute approximate surface area is 155 Å². The van der Waals surface area contributed by atoms with Crippen molar-refractivity contribution in [1.82, 2.24) is 5.16 Å². The lowest BCUT2D eigenvalue weighted by molar-refractivity contribution is -0.135. The molecule has 2 aromatic rings. The van der Waals surface area contributed by atoms with Crippen molar-refractivity contribution in [3.8, 4) is 11.5 Å². The van der Waals surface area contributed by atoms with Gasteiger partial charge in [-0.1, -0.05) is 16.8 Å². The number of amides is 2. The molecule has 0 radical (unpaired) electrons. The van der Waals surface area contributed by atoms with E-state index in [0.717, 1.165) is 0 Å². The maximum absolute atomic E-state index is 12.7. The highest BCUT2D eigenvalue weighted by Crippen LogP contribution is 2.36. The van der Waals surface area contributed by atoms with Gasteiger partial charge < -0.3 is 24.6 Å². The zero-order chi connectivity index (χ0) is 19.5. The Morgan fingerprint density at radius 1 is 1.08 bits per heavy atom. The fourth-order valence-corrected chi connectivity index (χ4v) is 2.27. The second kappa shape index (κ2) is 7.65. The van der Waals surface area contributed by atoms with Gasteiger partial charge in [-0.05, 0) is 20.8 Å². The van der Waals surface area contributed by atoms with Gasteiger partial charge in [-0.15, -0.1) is 0 Å². The number of halogens is 1. The first-order valence-corrected chi connectivity index (χ1v) is 8.04. The van der Waals surface area contributed by atoms with Gasteiger partial charge in [0.25, 0.3) is 0 Å². The molecule has 2 N–H and O–H groups in total. The summed E-state index contributed by atoms with van der Waals surface area (Å²) in [6, 6.07) is 4.59. The van der Waals surface area contributed by atoms with Crippen molar-refractivity contribution >= 4 is 34.9 Å². The summed E-state index contributed by atoms with van der Waals surface area (Å²) in [5.74, 6) is 0.399. The van der Waals surface area contributed by atoms with Gasteiger partial charge in [0.05, 0.1) is 24.9 Å². The second-order valence-corrected chi connectivity index (χ2v) is 6.45. The van der Waals surface area contributed by atoms with Crippen molar-refractivity contribution in [3.63, 3.8) is 0 Å². The van der Waals surface area contributed by atoms with Gasteiger partial charge in [-0.2, -0.15) is 0 Å². The molecule has 0 fully saturated rings. The van der Waals surface area contributed by atoms with Crippen LogP contribution in [0, 0.1) is 12.3 Å². The molecule has 0 saturated carbocycles. The zero-order valence-electron chi connectivity index (χ0n) is 15.1. The fourth-order valence-electron chi connectivity index (χ4n) is 2.04. The number of methoxy groups -OCH3 is 2. The quantitative estimate of drug-likeness (QED) is 0.744. The molecule has 0 aliphatic heterocycles. The minimum absolute atomic E-state index is 0.235. The summed E-state index contributed by atoms with van der Waals surface area (Å²) in [6.45, 7) is 4.68. The maximum Gasteiger partial charge on any atom is 0.240 e. The Morgan fingerprint density at radius 2 is 1.69 bits per heavy atom. The van der Waals surface area contributed by atoms with Gasteiger partial charge in [-0.3, -0.25) is 9.59 Å². The molecule has 0 unspecified atom stereocenters. The fraction of sp³-hybridized carbons (Fsp3) is 0.353. The van der Waals surface area contributed by atoms with E-state index >= 15 is 0 Å².